The Morgan fingerprint density at radius 3 is 2.43 bits per heavy atom. The standard InChI is InChI=1S/C15H19Cl2NO3/c1-9(15(20)21)4-3-5-10(2)18-14(19)11-6-7-12(16)13(17)8-11/h6-10H,3-5H2,1-2H3,(H,18,19)(H,20,21). The van der Waals surface area contributed by atoms with Crippen molar-refractivity contribution < 1.29 is 14.7 Å². The molecule has 0 spiro atoms. The van der Waals surface area contributed by atoms with E-state index in [2.05, 4.69) is 5.32 Å². The zero-order valence-corrected chi connectivity index (χ0v) is 13.5. The molecule has 1 aromatic carbocycles. The van der Waals surface area contributed by atoms with Crippen molar-refractivity contribution in [2.75, 3.05) is 0 Å². The minimum Gasteiger partial charge on any atom is -0.481 e. The second-order valence-electron chi connectivity index (χ2n) is 5.17. The molecule has 116 valence electrons. The molecule has 0 aliphatic carbocycles. The molecule has 21 heavy (non-hydrogen) atoms. The van der Waals surface area contributed by atoms with Crippen LogP contribution < -0.4 is 5.32 Å². The van der Waals surface area contributed by atoms with E-state index < -0.39 is 5.97 Å². The number of amides is 1. The molecule has 2 unspecified atom stereocenters. The zero-order valence-electron chi connectivity index (χ0n) is 12.0. The van der Waals surface area contributed by atoms with Gasteiger partial charge in [0.15, 0.2) is 0 Å². The summed E-state index contributed by atoms with van der Waals surface area (Å²) in [6.45, 7) is 3.57. The average Bonchev–Trinajstić information content (AvgIpc) is 2.41. The normalized spacial score (nSPS) is 13.5. The largest absolute Gasteiger partial charge is 0.481 e. The van der Waals surface area contributed by atoms with Gasteiger partial charge in [0.2, 0.25) is 0 Å². The first-order chi connectivity index (χ1) is 9.81. The summed E-state index contributed by atoms with van der Waals surface area (Å²) in [4.78, 5) is 22.7. The van der Waals surface area contributed by atoms with Gasteiger partial charge in [-0.05, 0) is 38.0 Å². The van der Waals surface area contributed by atoms with Gasteiger partial charge in [0, 0.05) is 11.6 Å². The van der Waals surface area contributed by atoms with Crippen LogP contribution in [0.5, 0.6) is 0 Å². The van der Waals surface area contributed by atoms with Gasteiger partial charge in [0.1, 0.15) is 0 Å². The molecule has 1 amide bonds. The highest BCUT2D eigenvalue weighted by Gasteiger charge is 2.13. The Kier molecular flexibility index (Phi) is 6.99. The van der Waals surface area contributed by atoms with Crippen molar-refractivity contribution in [1.29, 1.82) is 0 Å². The molecule has 0 saturated carbocycles. The minimum atomic E-state index is -0.789. The Hall–Kier alpha value is -1.26. The lowest BCUT2D eigenvalue weighted by Crippen LogP contribution is -2.32. The third-order valence-electron chi connectivity index (χ3n) is 3.26. The Balaban J connectivity index is 2.43. The van der Waals surface area contributed by atoms with Gasteiger partial charge in [-0.2, -0.15) is 0 Å². The van der Waals surface area contributed by atoms with Crippen LogP contribution in [0, 0.1) is 5.92 Å². The predicted molar refractivity (Wildman–Crippen MR) is 84.0 cm³/mol. The highest BCUT2D eigenvalue weighted by Crippen LogP contribution is 2.22. The van der Waals surface area contributed by atoms with Crippen LogP contribution in [0.2, 0.25) is 10.0 Å². The van der Waals surface area contributed by atoms with Crippen molar-refractivity contribution in [3.63, 3.8) is 0 Å². The quantitative estimate of drug-likeness (QED) is 0.793. The Morgan fingerprint density at radius 2 is 1.86 bits per heavy atom. The lowest BCUT2D eigenvalue weighted by atomic mass is 10.0. The zero-order chi connectivity index (χ0) is 16.0. The van der Waals surface area contributed by atoms with Gasteiger partial charge in [-0.3, -0.25) is 9.59 Å². The summed E-state index contributed by atoms with van der Waals surface area (Å²) in [5.41, 5.74) is 0.454. The average molecular weight is 332 g/mol. The van der Waals surface area contributed by atoms with E-state index in [1.54, 1.807) is 19.1 Å². The number of aliphatic carboxylic acids is 1. The Labute approximate surface area is 134 Å². The van der Waals surface area contributed by atoms with Crippen LogP contribution in [-0.2, 0) is 4.79 Å². The summed E-state index contributed by atoms with van der Waals surface area (Å²) in [6, 6.07) is 4.69. The second-order valence-corrected chi connectivity index (χ2v) is 5.99. The molecule has 0 aliphatic rings. The third kappa shape index (κ3) is 5.94. The van der Waals surface area contributed by atoms with E-state index in [1.807, 2.05) is 6.92 Å². The smallest absolute Gasteiger partial charge is 0.306 e. The number of nitrogens with one attached hydrogen (secondary N) is 1. The molecule has 2 N–H and O–H groups in total. The molecular formula is C15H19Cl2NO3. The van der Waals surface area contributed by atoms with Gasteiger partial charge in [-0.1, -0.05) is 36.5 Å². The first-order valence-corrected chi connectivity index (χ1v) is 7.55. The molecule has 0 bridgehead atoms. The number of rotatable bonds is 7. The summed E-state index contributed by atoms with van der Waals surface area (Å²) in [5.74, 6) is -1.36. The van der Waals surface area contributed by atoms with Crippen molar-refractivity contribution in [2.24, 2.45) is 5.92 Å². The van der Waals surface area contributed by atoms with Gasteiger partial charge in [0.05, 0.1) is 16.0 Å². The van der Waals surface area contributed by atoms with Crippen LogP contribution >= 0.6 is 23.2 Å². The number of hydrogen-bond acceptors (Lipinski definition) is 2. The van der Waals surface area contributed by atoms with Gasteiger partial charge in [-0.15, -0.1) is 0 Å². The highest BCUT2D eigenvalue weighted by molar-refractivity contribution is 6.42. The van der Waals surface area contributed by atoms with Crippen LogP contribution in [0.4, 0.5) is 0 Å². The fraction of sp³-hybridized carbons (Fsp3) is 0.467. The van der Waals surface area contributed by atoms with Gasteiger partial charge in [-0.25, -0.2) is 0 Å². The number of halogens is 2. The first-order valence-electron chi connectivity index (χ1n) is 6.80. The van der Waals surface area contributed by atoms with Gasteiger partial charge < -0.3 is 10.4 Å². The van der Waals surface area contributed by atoms with Gasteiger partial charge in [0.25, 0.3) is 5.91 Å². The second kappa shape index (κ2) is 8.25. The van der Waals surface area contributed by atoms with Crippen molar-refractivity contribution >= 4 is 35.1 Å². The van der Waals surface area contributed by atoms with Crippen LogP contribution in [-0.4, -0.2) is 23.0 Å². The summed E-state index contributed by atoms with van der Waals surface area (Å²) < 4.78 is 0. The molecule has 1 rings (SSSR count). The molecule has 4 nitrogen and oxygen atoms in total. The number of benzene rings is 1. The number of carbonyl (C=O) groups excluding carboxylic acids is 1. The summed E-state index contributed by atoms with van der Waals surface area (Å²) in [6.07, 6.45) is 2.07. The van der Waals surface area contributed by atoms with E-state index in [0.717, 1.165) is 12.8 Å². The number of hydrogen-bond donors (Lipinski definition) is 2. The first kappa shape index (κ1) is 17.8. The predicted octanol–water partition coefficient (Wildman–Crippen LogP) is 4.00. The van der Waals surface area contributed by atoms with E-state index in [-0.39, 0.29) is 17.9 Å². The van der Waals surface area contributed by atoms with Crippen LogP contribution in [0.15, 0.2) is 18.2 Å². The van der Waals surface area contributed by atoms with Crippen LogP contribution in [0.25, 0.3) is 0 Å². The summed E-state index contributed by atoms with van der Waals surface area (Å²) in [5, 5.41) is 12.4. The van der Waals surface area contributed by atoms with Gasteiger partial charge >= 0.3 is 5.97 Å². The van der Waals surface area contributed by atoms with E-state index in [1.165, 1.54) is 6.07 Å². The van der Waals surface area contributed by atoms with E-state index >= 15 is 0 Å². The van der Waals surface area contributed by atoms with E-state index in [4.69, 9.17) is 28.3 Å². The SMILES string of the molecule is CC(CCCC(C)C(=O)O)NC(=O)c1ccc(Cl)c(Cl)c1. The van der Waals surface area contributed by atoms with E-state index in [9.17, 15) is 9.59 Å². The molecular weight excluding hydrogens is 313 g/mol. The number of carbonyl (C=O) groups is 2. The molecule has 0 aliphatic heterocycles. The van der Waals surface area contributed by atoms with Crippen molar-refractivity contribution in [3.05, 3.63) is 33.8 Å². The molecule has 1 aromatic rings. The fourth-order valence-electron chi connectivity index (χ4n) is 1.87. The third-order valence-corrected chi connectivity index (χ3v) is 3.99. The maximum Gasteiger partial charge on any atom is 0.306 e. The number of carboxylic acid groups (broad SMARTS) is 1. The summed E-state index contributed by atoms with van der Waals surface area (Å²) in [7, 11) is 0. The van der Waals surface area contributed by atoms with Crippen molar-refractivity contribution in [2.45, 2.75) is 39.2 Å². The van der Waals surface area contributed by atoms with E-state index in [0.29, 0.717) is 22.0 Å². The fourth-order valence-corrected chi connectivity index (χ4v) is 2.17. The van der Waals surface area contributed by atoms with Crippen LogP contribution in [0.3, 0.4) is 0 Å². The van der Waals surface area contributed by atoms with Crippen LogP contribution in [0.1, 0.15) is 43.5 Å². The Bertz CT molecular complexity index is 520. The molecule has 0 fully saturated rings. The maximum absolute atomic E-state index is 12.0. The van der Waals surface area contributed by atoms with Crippen molar-refractivity contribution in [3.8, 4) is 0 Å². The topological polar surface area (TPSA) is 66.4 Å². The Morgan fingerprint density at radius 1 is 1.19 bits per heavy atom. The lowest BCUT2D eigenvalue weighted by molar-refractivity contribution is -0.141. The number of carboxylic acids is 1. The molecule has 6 heteroatoms. The van der Waals surface area contributed by atoms with Crippen molar-refractivity contribution in [1.82, 2.24) is 5.32 Å². The molecule has 0 aromatic heterocycles. The molecule has 0 radical (unpaired) electrons. The maximum atomic E-state index is 12.0. The molecule has 2 atom stereocenters. The summed E-state index contributed by atoms with van der Waals surface area (Å²) >= 11 is 11.7. The molecule has 0 heterocycles. The minimum absolute atomic E-state index is 0.0343. The highest BCUT2D eigenvalue weighted by atomic mass is 35.5. The molecule has 0 saturated heterocycles. The monoisotopic (exact) mass is 331 g/mol. The lowest BCUT2D eigenvalue weighted by Gasteiger charge is -2.15.